The van der Waals surface area contributed by atoms with Gasteiger partial charge in [0.1, 0.15) is 5.75 Å². The first-order valence-electron chi connectivity index (χ1n) is 10.3. The van der Waals surface area contributed by atoms with Gasteiger partial charge in [-0.3, -0.25) is 9.59 Å². The van der Waals surface area contributed by atoms with Crippen molar-refractivity contribution in [3.63, 3.8) is 0 Å². The highest BCUT2D eigenvalue weighted by atomic mass is 16.5. The number of carbonyl (C=O) groups is 2. The monoisotopic (exact) mass is 388 g/mol. The molecule has 2 aliphatic rings. The van der Waals surface area contributed by atoms with E-state index in [1.54, 1.807) is 4.90 Å². The summed E-state index contributed by atoms with van der Waals surface area (Å²) in [5.41, 5.74) is 0.837. The lowest BCUT2D eigenvalue weighted by Crippen LogP contribution is -2.44. The summed E-state index contributed by atoms with van der Waals surface area (Å²) < 4.78 is 5.60. The van der Waals surface area contributed by atoms with Crippen LogP contribution >= 0.6 is 0 Å². The van der Waals surface area contributed by atoms with E-state index in [0.29, 0.717) is 18.7 Å². The maximum absolute atomic E-state index is 12.0. The molecule has 0 aliphatic carbocycles. The molecule has 0 atom stereocenters. The number of nitrogens with one attached hydrogen (secondary N) is 1. The second kappa shape index (κ2) is 10.4. The zero-order valence-electron chi connectivity index (χ0n) is 16.9. The van der Waals surface area contributed by atoms with Gasteiger partial charge in [-0.1, -0.05) is 6.07 Å². The van der Waals surface area contributed by atoms with Gasteiger partial charge in [0.2, 0.25) is 5.91 Å². The van der Waals surface area contributed by atoms with Crippen LogP contribution in [0.3, 0.4) is 0 Å². The van der Waals surface area contributed by atoms with E-state index in [0.717, 1.165) is 64.2 Å². The molecule has 3 rings (SSSR count). The van der Waals surface area contributed by atoms with Gasteiger partial charge in [0.15, 0.2) is 6.61 Å². The molecule has 154 valence electrons. The number of rotatable bonds is 9. The third-order valence-corrected chi connectivity index (χ3v) is 5.39. The number of hydrogen-bond donors (Lipinski definition) is 1. The molecule has 0 saturated carbocycles. The normalized spacial score (nSPS) is 18.5. The molecule has 0 aromatic heterocycles. The van der Waals surface area contributed by atoms with Crippen LogP contribution < -0.4 is 15.0 Å². The first-order chi connectivity index (χ1) is 13.6. The molecule has 7 heteroatoms. The summed E-state index contributed by atoms with van der Waals surface area (Å²) in [5, 5.41) is 2.92. The van der Waals surface area contributed by atoms with Crippen molar-refractivity contribution in [1.82, 2.24) is 15.1 Å². The van der Waals surface area contributed by atoms with Gasteiger partial charge in [-0.2, -0.15) is 0 Å². The number of unbranched alkanes of at least 4 members (excludes halogenated alkanes) is 1. The fourth-order valence-electron chi connectivity index (χ4n) is 3.62. The number of anilines is 1. The van der Waals surface area contributed by atoms with Crippen LogP contribution in [0.2, 0.25) is 0 Å². The van der Waals surface area contributed by atoms with Crippen molar-refractivity contribution in [3.8, 4) is 5.75 Å². The van der Waals surface area contributed by atoms with E-state index >= 15 is 0 Å². The van der Waals surface area contributed by atoms with Gasteiger partial charge in [0.05, 0.1) is 0 Å². The molecule has 28 heavy (non-hydrogen) atoms. The lowest BCUT2D eigenvalue weighted by atomic mass is 10.2. The topological polar surface area (TPSA) is 65.1 Å². The van der Waals surface area contributed by atoms with Gasteiger partial charge >= 0.3 is 0 Å². The molecule has 1 aromatic rings. The standard InChI is InChI=1S/C21H32N4O3/c1-23-12-14-24(15-13-23)10-3-2-9-22-20(26)17-28-19-7-4-6-18(16-19)25-11-5-8-21(25)27/h4,6-7,16H,2-3,5,8-15,17H2,1H3,(H,22,26). The predicted octanol–water partition coefficient (Wildman–Crippen LogP) is 1.34. The Kier molecular flexibility index (Phi) is 7.68. The second-order valence-electron chi connectivity index (χ2n) is 7.64. The minimum atomic E-state index is -0.109. The van der Waals surface area contributed by atoms with Gasteiger partial charge in [0.25, 0.3) is 5.91 Å². The van der Waals surface area contributed by atoms with Crippen LogP contribution in [0.25, 0.3) is 0 Å². The zero-order valence-corrected chi connectivity index (χ0v) is 16.9. The maximum Gasteiger partial charge on any atom is 0.257 e. The van der Waals surface area contributed by atoms with Gasteiger partial charge in [-0.15, -0.1) is 0 Å². The molecular weight excluding hydrogens is 356 g/mol. The average molecular weight is 389 g/mol. The van der Waals surface area contributed by atoms with Crippen LogP contribution in [0, 0.1) is 0 Å². The number of carbonyl (C=O) groups excluding carboxylic acids is 2. The molecule has 2 aliphatic heterocycles. The van der Waals surface area contributed by atoms with E-state index in [1.165, 1.54) is 0 Å². The van der Waals surface area contributed by atoms with Crippen LogP contribution in [-0.2, 0) is 9.59 Å². The molecule has 2 saturated heterocycles. The van der Waals surface area contributed by atoms with E-state index in [9.17, 15) is 9.59 Å². The van der Waals surface area contributed by atoms with E-state index in [-0.39, 0.29) is 18.4 Å². The van der Waals surface area contributed by atoms with Gasteiger partial charge in [-0.05, 0) is 45.0 Å². The van der Waals surface area contributed by atoms with Crippen molar-refractivity contribution >= 4 is 17.5 Å². The maximum atomic E-state index is 12.0. The lowest BCUT2D eigenvalue weighted by molar-refractivity contribution is -0.123. The quantitative estimate of drug-likeness (QED) is 0.647. The second-order valence-corrected chi connectivity index (χ2v) is 7.64. The Bertz CT molecular complexity index is 659. The van der Waals surface area contributed by atoms with Crippen LogP contribution in [0.4, 0.5) is 5.69 Å². The molecule has 2 heterocycles. The van der Waals surface area contributed by atoms with E-state index < -0.39 is 0 Å². The van der Waals surface area contributed by atoms with E-state index in [2.05, 4.69) is 22.2 Å². The SMILES string of the molecule is CN1CCN(CCCCNC(=O)COc2cccc(N3CCCC3=O)c2)CC1. The van der Waals surface area contributed by atoms with Crippen molar-refractivity contribution in [1.29, 1.82) is 0 Å². The highest BCUT2D eigenvalue weighted by molar-refractivity contribution is 5.95. The minimum absolute atomic E-state index is 0.00411. The summed E-state index contributed by atoms with van der Waals surface area (Å²) in [7, 11) is 2.16. The number of hydrogen-bond acceptors (Lipinski definition) is 5. The van der Waals surface area contributed by atoms with Crippen molar-refractivity contribution in [2.75, 3.05) is 64.4 Å². The highest BCUT2D eigenvalue weighted by Gasteiger charge is 2.21. The number of benzene rings is 1. The molecule has 0 radical (unpaired) electrons. The molecule has 2 amide bonds. The van der Waals surface area contributed by atoms with Crippen LogP contribution in [-0.4, -0.2) is 81.1 Å². The van der Waals surface area contributed by atoms with E-state index in [1.807, 2.05) is 24.3 Å². The summed E-state index contributed by atoms with van der Waals surface area (Å²) in [6.45, 7) is 7.08. The molecule has 2 fully saturated rings. The van der Waals surface area contributed by atoms with Crippen LogP contribution in [0.1, 0.15) is 25.7 Å². The molecule has 7 nitrogen and oxygen atoms in total. The van der Waals surface area contributed by atoms with Crippen molar-refractivity contribution < 1.29 is 14.3 Å². The number of likely N-dealkylation sites (N-methyl/N-ethyl adjacent to an activating group) is 1. The molecular formula is C21H32N4O3. The number of amides is 2. The Balaban J connectivity index is 1.30. The van der Waals surface area contributed by atoms with Gasteiger partial charge in [-0.25, -0.2) is 0 Å². The third kappa shape index (κ3) is 6.21. The Morgan fingerprint density at radius 2 is 1.96 bits per heavy atom. The largest absolute Gasteiger partial charge is 0.484 e. The first kappa shape index (κ1) is 20.6. The number of nitrogens with zero attached hydrogens (tertiary/aromatic N) is 3. The summed E-state index contributed by atoms with van der Waals surface area (Å²) in [6.07, 6.45) is 3.56. The Hall–Kier alpha value is -2.12. The van der Waals surface area contributed by atoms with Crippen LogP contribution in [0.15, 0.2) is 24.3 Å². The van der Waals surface area contributed by atoms with Crippen molar-refractivity contribution in [3.05, 3.63) is 24.3 Å². The Morgan fingerprint density at radius 3 is 2.71 bits per heavy atom. The number of ether oxygens (including phenoxy) is 1. The zero-order chi connectivity index (χ0) is 19.8. The molecule has 0 unspecified atom stereocenters. The Morgan fingerprint density at radius 1 is 1.14 bits per heavy atom. The Labute approximate surface area is 167 Å². The fraction of sp³-hybridized carbons (Fsp3) is 0.619. The van der Waals surface area contributed by atoms with Crippen molar-refractivity contribution in [2.24, 2.45) is 0 Å². The predicted molar refractivity (Wildman–Crippen MR) is 110 cm³/mol. The van der Waals surface area contributed by atoms with Crippen molar-refractivity contribution in [2.45, 2.75) is 25.7 Å². The summed E-state index contributed by atoms with van der Waals surface area (Å²) in [5.74, 6) is 0.649. The highest BCUT2D eigenvalue weighted by Crippen LogP contribution is 2.25. The van der Waals surface area contributed by atoms with Gasteiger partial charge in [0, 0.05) is 57.4 Å². The smallest absolute Gasteiger partial charge is 0.257 e. The molecule has 0 bridgehead atoms. The fourth-order valence-corrected chi connectivity index (χ4v) is 3.62. The molecule has 0 spiro atoms. The van der Waals surface area contributed by atoms with Crippen LogP contribution in [0.5, 0.6) is 5.75 Å². The third-order valence-electron chi connectivity index (χ3n) is 5.39. The average Bonchev–Trinajstić information content (AvgIpc) is 3.14. The lowest BCUT2D eigenvalue weighted by Gasteiger charge is -2.32. The molecule has 1 aromatic carbocycles. The molecule has 1 N–H and O–H groups in total. The van der Waals surface area contributed by atoms with Gasteiger partial charge < -0.3 is 24.8 Å². The summed E-state index contributed by atoms with van der Waals surface area (Å²) in [6, 6.07) is 7.39. The number of piperazine rings is 1. The summed E-state index contributed by atoms with van der Waals surface area (Å²) >= 11 is 0. The summed E-state index contributed by atoms with van der Waals surface area (Å²) in [4.78, 5) is 30.5. The minimum Gasteiger partial charge on any atom is -0.484 e. The first-order valence-corrected chi connectivity index (χ1v) is 10.3. The van der Waals surface area contributed by atoms with E-state index in [4.69, 9.17) is 4.74 Å².